The Balaban J connectivity index is 1.33. The molecule has 45 heavy (non-hydrogen) atoms. The second-order valence-electron chi connectivity index (χ2n) is 12.2. The molecule has 1 aliphatic rings. The Morgan fingerprint density at radius 3 is 2.36 bits per heavy atom. The van der Waals surface area contributed by atoms with Crippen LogP contribution in [0.2, 0.25) is 0 Å². The molecule has 9 aromatic rings. The lowest BCUT2D eigenvalue weighted by molar-refractivity contribution is 0.666. The van der Waals surface area contributed by atoms with Crippen molar-refractivity contribution in [2.75, 3.05) is 0 Å². The summed E-state index contributed by atoms with van der Waals surface area (Å²) < 4.78 is 46.6. The van der Waals surface area contributed by atoms with Crippen LogP contribution in [-0.2, 0) is 5.41 Å². The Bertz CT molecular complexity index is 2950. The second-order valence-corrected chi connectivity index (χ2v) is 13.3. The molecule has 0 saturated carbocycles. The summed E-state index contributed by atoms with van der Waals surface area (Å²) in [5, 5.41) is 5.36. The molecule has 0 saturated heterocycles. The average molecular weight is 599 g/mol. The third-order valence-electron chi connectivity index (χ3n) is 9.47. The van der Waals surface area contributed by atoms with Crippen LogP contribution in [0, 0.1) is 0 Å². The number of aromatic nitrogens is 3. The van der Waals surface area contributed by atoms with Crippen LogP contribution < -0.4 is 0 Å². The number of benzene rings is 6. The van der Waals surface area contributed by atoms with Crippen molar-refractivity contribution < 1.29 is 6.85 Å². The van der Waals surface area contributed by atoms with Gasteiger partial charge in [-0.1, -0.05) is 117 Å². The first-order valence-electron chi connectivity index (χ1n) is 17.5. The van der Waals surface area contributed by atoms with Crippen molar-refractivity contribution in [3.8, 4) is 28.3 Å². The van der Waals surface area contributed by atoms with E-state index < -0.39 is 18.1 Å². The predicted molar refractivity (Wildman–Crippen MR) is 190 cm³/mol. The van der Waals surface area contributed by atoms with Crippen LogP contribution in [0.25, 0.3) is 81.2 Å². The van der Waals surface area contributed by atoms with Gasteiger partial charge in [0.1, 0.15) is 0 Å². The van der Waals surface area contributed by atoms with Gasteiger partial charge in [0.05, 0.1) is 33.8 Å². The monoisotopic (exact) mass is 598 g/mol. The molecule has 3 heterocycles. The van der Waals surface area contributed by atoms with Gasteiger partial charge in [-0.2, -0.15) is 0 Å². The predicted octanol–water partition coefficient (Wildman–Crippen LogP) is 11.1. The topological polar surface area (TPSA) is 30.7 Å². The van der Waals surface area contributed by atoms with Crippen molar-refractivity contribution in [3.05, 3.63) is 138 Å². The number of para-hydroxylation sites is 1. The Morgan fingerprint density at radius 2 is 1.47 bits per heavy atom. The number of hydrogen-bond donors (Lipinski definition) is 0. The minimum absolute atomic E-state index is 0.0692. The van der Waals surface area contributed by atoms with Crippen molar-refractivity contribution in [1.82, 2.24) is 14.5 Å². The van der Waals surface area contributed by atoms with Gasteiger partial charge >= 0.3 is 0 Å². The van der Waals surface area contributed by atoms with Gasteiger partial charge in [0.15, 0.2) is 0 Å². The fourth-order valence-corrected chi connectivity index (χ4v) is 8.65. The Morgan fingerprint density at radius 1 is 0.689 bits per heavy atom. The molecule has 0 amide bonds. The summed E-state index contributed by atoms with van der Waals surface area (Å²) in [6.45, 7) is 4.61. The number of hydrogen-bond acceptors (Lipinski definition) is 3. The second kappa shape index (κ2) is 8.87. The van der Waals surface area contributed by atoms with E-state index >= 15 is 0 Å². The van der Waals surface area contributed by atoms with E-state index in [1.54, 1.807) is 0 Å². The van der Waals surface area contributed by atoms with Crippen molar-refractivity contribution in [2.24, 2.45) is 0 Å². The largest absolute Gasteiger partial charge is 0.278 e. The fraction of sp³-hybridized carbons (Fsp3) is 0.0732. The lowest BCUT2D eigenvalue weighted by Gasteiger charge is -2.23. The molecule has 0 spiro atoms. The Labute approximate surface area is 271 Å². The van der Waals surface area contributed by atoms with Gasteiger partial charge < -0.3 is 0 Å². The highest BCUT2D eigenvalue weighted by Gasteiger charge is 2.36. The molecule has 0 radical (unpaired) electrons. The minimum atomic E-state index is -0.433. The van der Waals surface area contributed by atoms with Gasteiger partial charge in [-0.3, -0.25) is 4.57 Å². The van der Waals surface area contributed by atoms with Gasteiger partial charge in [0.2, 0.25) is 5.95 Å². The van der Waals surface area contributed by atoms with Crippen molar-refractivity contribution >= 4 is 64.2 Å². The minimum Gasteiger partial charge on any atom is -0.278 e. The summed E-state index contributed by atoms with van der Waals surface area (Å²) in [7, 11) is 0. The summed E-state index contributed by atoms with van der Waals surface area (Å²) in [6.07, 6.45) is 0. The molecule has 0 atom stereocenters. The standard InChI is InChI=1S/C41H27N3S/c1-41(2)32-17-9-6-14-26(32)28-21-20-25-22-34-31(23-30(25)36(28)41)27-15-7-10-18-33(27)44(34)40-42-37(24-12-4-3-5-13-24)39-38(43-40)29-16-8-11-19-35(29)45-39/h3-23H,1-2H3/i3D,4D,5D,12D,13D. The molecule has 0 aliphatic heterocycles. The summed E-state index contributed by atoms with van der Waals surface area (Å²) in [5.74, 6) is 0.377. The quantitative estimate of drug-likeness (QED) is 0.198. The molecule has 3 nitrogen and oxygen atoms in total. The maximum absolute atomic E-state index is 8.89. The third kappa shape index (κ3) is 3.35. The first-order chi connectivity index (χ1) is 24.1. The highest BCUT2D eigenvalue weighted by molar-refractivity contribution is 7.26. The summed E-state index contributed by atoms with van der Waals surface area (Å²) in [5.41, 5.74) is 7.94. The Kier molecular flexibility index (Phi) is 4.06. The third-order valence-corrected chi connectivity index (χ3v) is 10.6. The van der Waals surface area contributed by atoms with Crippen LogP contribution in [0.4, 0.5) is 0 Å². The van der Waals surface area contributed by atoms with Gasteiger partial charge in [0.25, 0.3) is 0 Å². The molecule has 6 aromatic carbocycles. The summed E-state index contributed by atoms with van der Waals surface area (Å²) in [4.78, 5) is 10.3. The molecule has 1 aliphatic carbocycles. The van der Waals surface area contributed by atoms with Crippen LogP contribution in [-0.4, -0.2) is 14.5 Å². The lowest BCUT2D eigenvalue weighted by atomic mass is 9.80. The van der Waals surface area contributed by atoms with Gasteiger partial charge in [0, 0.05) is 31.8 Å². The summed E-state index contributed by atoms with van der Waals surface area (Å²) >= 11 is 1.47. The zero-order valence-corrected chi connectivity index (χ0v) is 25.3. The van der Waals surface area contributed by atoms with Crippen molar-refractivity contribution in [1.29, 1.82) is 0 Å². The molecule has 0 N–H and O–H groups in total. The SMILES string of the molecule is [2H]c1c([2H])c([2H])c(-c2nc(-n3c4ccccc4c4cc5c6c(ccc5cc43)-c3ccccc3C6(C)C)nc3c2sc2ccccc23)c([2H])c1[2H]. The van der Waals surface area contributed by atoms with E-state index in [-0.39, 0.29) is 23.1 Å². The van der Waals surface area contributed by atoms with Gasteiger partial charge in [-0.25, -0.2) is 9.97 Å². The van der Waals surface area contributed by atoms with Crippen molar-refractivity contribution in [3.63, 3.8) is 0 Å². The number of nitrogens with zero attached hydrogens (tertiary/aromatic N) is 3. The van der Waals surface area contributed by atoms with E-state index in [0.717, 1.165) is 37.3 Å². The normalized spacial score (nSPS) is 15.3. The molecule has 10 rings (SSSR count). The van der Waals surface area contributed by atoms with E-state index in [1.165, 1.54) is 39.0 Å². The smallest absolute Gasteiger partial charge is 0.235 e. The molecule has 4 heteroatoms. The lowest BCUT2D eigenvalue weighted by Crippen LogP contribution is -2.15. The van der Waals surface area contributed by atoms with Crippen LogP contribution in [0.1, 0.15) is 31.8 Å². The highest BCUT2D eigenvalue weighted by Crippen LogP contribution is 2.52. The molecule has 212 valence electrons. The maximum atomic E-state index is 8.89. The van der Waals surface area contributed by atoms with E-state index in [1.807, 2.05) is 36.4 Å². The molecule has 0 fully saturated rings. The zero-order valence-electron chi connectivity index (χ0n) is 29.5. The number of thiophene rings is 1. The molecular formula is C41H27N3S. The van der Waals surface area contributed by atoms with Crippen LogP contribution in [0.15, 0.2) is 127 Å². The Hall–Kier alpha value is -5.32. The first kappa shape index (κ1) is 20.6. The molecule has 3 aromatic heterocycles. The van der Waals surface area contributed by atoms with Crippen LogP contribution in [0.3, 0.4) is 0 Å². The fourth-order valence-electron chi connectivity index (χ4n) is 7.52. The summed E-state index contributed by atoms with van der Waals surface area (Å²) in [6, 6.07) is 32.0. The average Bonchev–Trinajstić information content (AvgIpc) is 3.74. The van der Waals surface area contributed by atoms with Gasteiger partial charge in [-0.05, 0) is 57.3 Å². The van der Waals surface area contributed by atoms with Crippen molar-refractivity contribution in [2.45, 2.75) is 19.3 Å². The maximum Gasteiger partial charge on any atom is 0.235 e. The zero-order chi connectivity index (χ0) is 34.2. The van der Waals surface area contributed by atoms with Gasteiger partial charge in [-0.15, -0.1) is 11.3 Å². The van der Waals surface area contributed by atoms with E-state index in [2.05, 4.69) is 79.1 Å². The molecule has 0 unspecified atom stereocenters. The van der Waals surface area contributed by atoms with Crippen LogP contribution in [0.5, 0.6) is 0 Å². The molecule has 0 bridgehead atoms. The molecular weight excluding hydrogens is 567 g/mol. The number of fused-ring (bicyclic) bond motifs is 11. The van der Waals surface area contributed by atoms with E-state index in [4.69, 9.17) is 16.8 Å². The highest BCUT2D eigenvalue weighted by atomic mass is 32.1. The number of rotatable bonds is 2. The first-order valence-corrected chi connectivity index (χ1v) is 15.8. The van der Waals surface area contributed by atoms with E-state index in [9.17, 15) is 0 Å². The van der Waals surface area contributed by atoms with Crippen LogP contribution >= 0.6 is 11.3 Å². The van der Waals surface area contributed by atoms with E-state index in [0.29, 0.717) is 21.9 Å².